The molecule has 0 aliphatic heterocycles. The van der Waals surface area contributed by atoms with E-state index < -0.39 is 11.9 Å². The lowest BCUT2D eigenvalue weighted by Crippen LogP contribution is -2.13. The highest BCUT2D eigenvalue weighted by atomic mass is 35.5. The highest BCUT2D eigenvalue weighted by Crippen LogP contribution is 2.30. The molecule has 10 heteroatoms. The highest BCUT2D eigenvalue weighted by molar-refractivity contribution is 6.32. The number of aryl methyl sites for hydroxylation is 1. The molecule has 0 aliphatic rings. The molecule has 0 radical (unpaired) electrons. The van der Waals surface area contributed by atoms with Crippen molar-refractivity contribution >= 4 is 35.4 Å². The third kappa shape index (κ3) is 5.70. The lowest BCUT2D eigenvalue weighted by Gasteiger charge is -2.10. The molecule has 1 aromatic heterocycles. The Labute approximate surface area is 194 Å². The summed E-state index contributed by atoms with van der Waals surface area (Å²) in [6.07, 6.45) is 1.34. The molecule has 33 heavy (non-hydrogen) atoms. The molecule has 2 aromatic carbocycles. The summed E-state index contributed by atoms with van der Waals surface area (Å²) in [5, 5.41) is 15.6. The summed E-state index contributed by atoms with van der Waals surface area (Å²) < 4.78 is 20.6. The number of nitrogens with zero attached hydrogens (tertiary/aromatic N) is 2. The number of esters is 1. The smallest absolute Gasteiger partial charge is 0.343 e. The van der Waals surface area contributed by atoms with Gasteiger partial charge in [-0.2, -0.15) is 5.26 Å². The second-order valence-corrected chi connectivity index (χ2v) is 7.00. The number of carbonyl (C=O) groups is 2. The molecule has 168 valence electrons. The van der Waals surface area contributed by atoms with Crippen LogP contribution in [-0.2, 0) is 4.79 Å². The molecule has 0 unspecified atom stereocenters. The Kier molecular flexibility index (Phi) is 7.33. The number of carbonyl (C=O) groups excluding carboxylic acids is 2. The van der Waals surface area contributed by atoms with Crippen molar-refractivity contribution in [3.63, 3.8) is 0 Å². The minimum absolute atomic E-state index is 0.106. The minimum atomic E-state index is -0.661. The maximum Gasteiger partial charge on any atom is 0.343 e. The van der Waals surface area contributed by atoms with Crippen molar-refractivity contribution in [2.75, 3.05) is 19.5 Å². The molecule has 3 aromatic rings. The molecular formula is C23H18ClN3O6. The first kappa shape index (κ1) is 23.4. The van der Waals surface area contributed by atoms with Gasteiger partial charge in [-0.15, -0.1) is 0 Å². The first-order valence-corrected chi connectivity index (χ1v) is 9.82. The Hall–Kier alpha value is -4.29. The van der Waals surface area contributed by atoms with Crippen LogP contribution in [0.5, 0.6) is 17.2 Å². The number of hydrogen-bond acceptors (Lipinski definition) is 8. The zero-order valence-corrected chi connectivity index (χ0v) is 18.6. The standard InChI is InChI=1S/C23H18ClN3O6/c1-13-8-21(27-33-13)26-22(28)16(12-25)9-14-4-6-18(17(24)10-14)32-23(29)15-5-7-19(30-2)20(11-15)31-3/h4-11H,1-3H3,(H,26,27,28)/b16-9-. The van der Waals surface area contributed by atoms with Gasteiger partial charge >= 0.3 is 5.97 Å². The van der Waals surface area contributed by atoms with Crippen LogP contribution in [0, 0.1) is 18.3 Å². The second-order valence-electron chi connectivity index (χ2n) is 6.60. The van der Waals surface area contributed by atoms with E-state index in [0.29, 0.717) is 22.8 Å². The third-order valence-corrected chi connectivity index (χ3v) is 4.62. The summed E-state index contributed by atoms with van der Waals surface area (Å²) in [5.74, 6) is 0.342. The van der Waals surface area contributed by atoms with E-state index in [0.717, 1.165) is 0 Å². The second kappa shape index (κ2) is 10.3. The number of aromatic nitrogens is 1. The summed E-state index contributed by atoms with van der Waals surface area (Å²) in [4.78, 5) is 24.8. The van der Waals surface area contributed by atoms with Gasteiger partial charge in [-0.3, -0.25) is 4.79 Å². The van der Waals surface area contributed by atoms with Crippen LogP contribution in [0.25, 0.3) is 6.08 Å². The zero-order chi connectivity index (χ0) is 24.0. The number of anilines is 1. The molecule has 0 fully saturated rings. The number of ether oxygens (including phenoxy) is 3. The van der Waals surface area contributed by atoms with E-state index in [1.807, 2.05) is 6.07 Å². The van der Waals surface area contributed by atoms with Gasteiger partial charge in [0.1, 0.15) is 23.2 Å². The number of nitriles is 1. The summed E-state index contributed by atoms with van der Waals surface area (Å²) in [6.45, 7) is 1.67. The largest absolute Gasteiger partial charge is 0.493 e. The molecule has 0 saturated heterocycles. The fourth-order valence-corrected chi connectivity index (χ4v) is 2.96. The van der Waals surface area contributed by atoms with Crippen LogP contribution in [0.2, 0.25) is 5.02 Å². The number of nitrogens with one attached hydrogen (secondary N) is 1. The predicted molar refractivity (Wildman–Crippen MR) is 119 cm³/mol. The number of amides is 1. The van der Waals surface area contributed by atoms with E-state index in [1.54, 1.807) is 19.1 Å². The number of benzene rings is 2. The van der Waals surface area contributed by atoms with Crippen molar-refractivity contribution in [3.05, 3.63) is 69.9 Å². The lowest BCUT2D eigenvalue weighted by atomic mass is 10.1. The number of hydrogen-bond donors (Lipinski definition) is 1. The minimum Gasteiger partial charge on any atom is -0.493 e. The molecule has 0 saturated carbocycles. The Morgan fingerprint density at radius 2 is 1.82 bits per heavy atom. The Morgan fingerprint density at radius 3 is 2.42 bits per heavy atom. The molecule has 0 spiro atoms. The average Bonchev–Trinajstić information content (AvgIpc) is 3.22. The molecule has 0 bridgehead atoms. The molecule has 9 nitrogen and oxygen atoms in total. The Bertz CT molecular complexity index is 1280. The lowest BCUT2D eigenvalue weighted by molar-refractivity contribution is -0.112. The van der Waals surface area contributed by atoms with Crippen molar-refractivity contribution in [2.45, 2.75) is 6.92 Å². The van der Waals surface area contributed by atoms with E-state index in [1.165, 1.54) is 50.6 Å². The maximum atomic E-state index is 12.5. The van der Waals surface area contributed by atoms with Gasteiger partial charge in [-0.25, -0.2) is 4.79 Å². The highest BCUT2D eigenvalue weighted by Gasteiger charge is 2.16. The quantitative estimate of drug-likeness (QED) is 0.234. The van der Waals surface area contributed by atoms with Crippen LogP contribution in [0.15, 0.2) is 52.6 Å². The van der Waals surface area contributed by atoms with E-state index in [2.05, 4.69) is 10.5 Å². The van der Waals surface area contributed by atoms with Crippen molar-refractivity contribution in [1.82, 2.24) is 5.16 Å². The van der Waals surface area contributed by atoms with E-state index in [4.69, 9.17) is 30.3 Å². The first-order valence-electron chi connectivity index (χ1n) is 9.44. The number of rotatable bonds is 7. The molecule has 3 rings (SSSR count). The topological polar surface area (TPSA) is 124 Å². The van der Waals surface area contributed by atoms with Gasteiger partial charge in [0, 0.05) is 6.07 Å². The van der Waals surface area contributed by atoms with Crippen molar-refractivity contribution < 1.29 is 28.3 Å². The van der Waals surface area contributed by atoms with Crippen LogP contribution in [-0.4, -0.2) is 31.3 Å². The average molecular weight is 468 g/mol. The first-order chi connectivity index (χ1) is 15.8. The summed E-state index contributed by atoms with van der Waals surface area (Å²) in [5.41, 5.74) is 0.509. The molecule has 1 amide bonds. The van der Waals surface area contributed by atoms with Crippen LogP contribution in [0.1, 0.15) is 21.7 Å². The van der Waals surface area contributed by atoms with E-state index >= 15 is 0 Å². The Balaban J connectivity index is 1.75. The number of halogens is 1. The van der Waals surface area contributed by atoms with Gasteiger partial charge in [0.05, 0.1) is 24.8 Å². The summed E-state index contributed by atoms with van der Waals surface area (Å²) >= 11 is 6.25. The van der Waals surface area contributed by atoms with Gasteiger partial charge in [-0.05, 0) is 48.9 Å². The van der Waals surface area contributed by atoms with Crippen LogP contribution >= 0.6 is 11.6 Å². The van der Waals surface area contributed by atoms with Crippen molar-refractivity contribution in [3.8, 4) is 23.3 Å². The van der Waals surface area contributed by atoms with Crippen LogP contribution in [0.3, 0.4) is 0 Å². The predicted octanol–water partition coefficient (Wildman–Crippen LogP) is 4.42. The van der Waals surface area contributed by atoms with Gasteiger partial charge < -0.3 is 24.1 Å². The monoisotopic (exact) mass is 467 g/mol. The van der Waals surface area contributed by atoms with E-state index in [9.17, 15) is 14.9 Å². The van der Waals surface area contributed by atoms with Crippen LogP contribution < -0.4 is 19.5 Å². The Morgan fingerprint density at radius 1 is 1.09 bits per heavy atom. The third-order valence-electron chi connectivity index (χ3n) is 4.32. The molecule has 0 atom stereocenters. The van der Waals surface area contributed by atoms with Gasteiger partial charge in [0.25, 0.3) is 5.91 Å². The summed E-state index contributed by atoms with van der Waals surface area (Å²) in [7, 11) is 2.95. The molecule has 1 N–H and O–H groups in total. The SMILES string of the molecule is COc1ccc(C(=O)Oc2ccc(/C=C(/C#N)C(=O)Nc3cc(C)on3)cc2Cl)cc1OC. The molecule has 1 heterocycles. The number of methoxy groups -OCH3 is 2. The maximum absolute atomic E-state index is 12.5. The fraction of sp³-hybridized carbons (Fsp3) is 0.130. The fourth-order valence-electron chi connectivity index (χ4n) is 2.74. The van der Waals surface area contributed by atoms with Gasteiger partial charge in [0.2, 0.25) is 0 Å². The normalized spacial score (nSPS) is 10.8. The van der Waals surface area contributed by atoms with Crippen molar-refractivity contribution in [1.29, 1.82) is 5.26 Å². The van der Waals surface area contributed by atoms with Gasteiger partial charge in [0.15, 0.2) is 17.3 Å². The summed E-state index contributed by atoms with van der Waals surface area (Å²) in [6, 6.07) is 12.4. The van der Waals surface area contributed by atoms with Gasteiger partial charge in [-0.1, -0.05) is 22.8 Å². The molecular weight excluding hydrogens is 450 g/mol. The molecule has 0 aliphatic carbocycles. The van der Waals surface area contributed by atoms with Crippen LogP contribution in [0.4, 0.5) is 5.82 Å². The van der Waals surface area contributed by atoms with E-state index in [-0.39, 0.29) is 27.7 Å². The zero-order valence-electron chi connectivity index (χ0n) is 17.8. The van der Waals surface area contributed by atoms with Crippen molar-refractivity contribution in [2.24, 2.45) is 0 Å².